The zero-order valence-corrected chi connectivity index (χ0v) is 12.9. The van der Waals surface area contributed by atoms with Crippen molar-refractivity contribution in [3.05, 3.63) is 29.7 Å². The molecule has 114 valence electrons. The maximum Gasteiger partial charge on any atom is 0.267 e. The fourth-order valence-electron chi connectivity index (χ4n) is 3.07. The van der Waals surface area contributed by atoms with Gasteiger partial charge in [0.15, 0.2) is 0 Å². The number of H-pyrrole nitrogens is 1. The Hall–Kier alpha value is -2.35. The van der Waals surface area contributed by atoms with Crippen molar-refractivity contribution in [1.29, 1.82) is 5.26 Å². The molecule has 0 unspecified atom stereocenters. The van der Waals surface area contributed by atoms with Gasteiger partial charge in [-0.15, -0.1) is 0 Å². The number of nitriles is 1. The lowest BCUT2D eigenvalue weighted by molar-refractivity contribution is 0.0905. The smallest absolute Gasteiger partial charge is 0.267 e. The van der Waals surface area contributed by atoms with E-state index in [4.69, 9.17) is 5.26 Å². The van der Waals surface area contributed by atoms with Crippen LogP contribution < -0.4 is 5.32 Å². The molecule has 2 aromatic heterocycles. The Kier molecular flexibility index (Phi) is 3.61. The first-order valence-corrected chi connectivity index (χ1v) is 7.66. The molecule has 5 heteroatoms. The van der Waals surface area contributed by atoms with E-state index in [2.05, 4.69) is 35.2 Å². The van der Waals surface area contributed by atoms with Crippen LogP contribution in [-0.2, 0) is 0 Å². The molecule has 3 rings (SSSR count). The Morgan fingerprint density at radius 1 is 1.41 bits per heavy atom. The van der Waals surface area contributed by atoms with Crippen molar-refractivity contribution in [3.63, 3.8) is 0 Å². The molecular formula is C17H20N4O. The first-order chi connectivity index (χ1) is 10.5. The molecule has 1 aliphatic carbocycles. The summed E-state index contributed by atoms with van der Waals surface area (Å²) in [5.41, 5.74) is 2.07. The van der Waals surface area contributed by atoms with Gasteiger partial charge in [0, 0.05) is 17.6 Å². The van der Waals surface area contributed by atoms with Crippen molar-refractivity contribution in [2.24, 2.45) is 5.41 Å². The third-order valence-electron chi connectivity index (χ3n) is 4.59. The third-order valence-corrected chi connectivity index (χ3v) is 4.59. The minimum absolute atomic E-state index is 0.107. The largest absolute Gasteiger partial charge is 0.349 e. The van der Waals surface area contributed by atoms with Gasteiger partial charge >= 0.3 is 0 Å². The second-order valence-electron chi connectivity index (χ2n) is 6.86. The predicted molar refractivity (Wildman–Crippen MR) is 84.3 cm³/mol. The lowest BCUT2D eigenvalue weighted by Crippen LogP contribution is -2.39. The SMILES string of the molecule is CC1(C)CCC(NC(=O)c2cc3c(C#N)cncc3[nH]2)CC1. The molecule has 2 N–H and O–H groups in total. The van der Waals surface area contributed by atoms with Gasteiger partial charge in [-0.25, -0.2) is 0 Å². The molecule has 5 nitrogen and oxygen atoms in total. The summed E-state index contributed by atoms with van der Waals surface area (Å²) in [6.45, 7) is 4.55. The van der Waals surface area contributed by atoms with Crippen LogP contribution in [0.25, 0.3) is 10.9 Å². The number of hydrogen-bond donors (Lipinski definition) is 2. The Morgan fingerprint density at radius 3 is 2.82 bits per heavy atom. The molecule has 0 saturated heterocycles. The summed E-state index contributed by atoms with van der Waals surface area (Å²) in [6, 6.07) is 4.07. The van der Waals surface area contributed by atoms with E-state index < -0.39 is 0 Å². The monoisotopic (exact) mass is 296 g/mol. The number of hydrogen-bond acceptors (Lipinski definition) is 3. The molecule has 2 aromatic rings. The molecule has 1 aliphatic rings. The van der Waals surface area contributed by atoms with Crippen LogP contribution in [0, 0.1) is 16.7 Å². The van der Waals surface area contributed by atoms with Gasteiger partial charge in [-0.1, -0.05) is 13.8 Å². The molecule has 22 heavy (non-hydrogen) atoms. The molecule has 1 fully saturated rings. The van der Waals surface area contributed by atoms with Gasteiger partial charge in [0.25, 0.3) is 5.91 Å². The number of aromatic amines is 1. The fraction of sp³-hybridized carbons (Fsp3) is 0.471. The first-order valence-electron chi connectivity index (χ1n) is 7.66. The van der Waals surface area contributed by atoms with E-state index >= 15 is 0 Å². The summed E-state index contributed by atoms with van der Waals surface area (Å²) in [7, 11) is 0. The summed E-state index contributed by atoms with van der Waals surface area (Å²) in [6.07, 6.45) is 7.45. The van der Waals surface area contributed by atoms with Gasteiger partial charge < -0.3 is 10.3 Å². The van der Waals surface area contributed by atoms with E-state index in [-0.39, 0.29) is 11.9 Å². The highest BCUT2D eigenvalue weighted by molar-refractivity contribution is 5.99. The number of nitrogens with zero attached hydrogens (tertiary/aromatic N) is 2. The molecule has 0 aromatic carbocycles. The Labute approximate surface area is 129 Å². The predicted octanol–water partition coefficient (Wildman–Crippen LogP) is 3.13. The number of pyridine rings is 1. The van der Waals surface area contributed by atoms with Crippen molar-refractivity contribution in [2.45, 2.75) is 45.6 Å². The molecule has 0 spiro atoms. The quantitative estimate of drug-likeness (QED) is 0.893. The van der Waals surface area contributed by atoms with Crippen LogP contribution in [0.3, 0.4) is 0 Å². The minimum atomic E-state index is -0.107. The summed E-state index contributed by atoms with van der Waals surface area (Å²) >= 11 is 0. The molecule has 0 atom stereocenters. The molecule has 0 bridgehead atoms. The number of nitrogens with one attached hydrogen (secondary N) is 2. The molecular weight excluding hydrogens is 276 g/mol. The van der Waals surface area contributed by atoms with Gasteiger partial charge in [-0.2, -0.15) is 5.26 Å². The second-order valence-corrected chi connectivity index (χ2v) is 6.86. The molecule has 0 radical (unpaired) electrons. The average molecular weight is 296 g/mol. The average Bonchev–Trinajstić information content (AvgIpc) is 2.93. The molecule has 1 saturated carbocycles. The van der Waals surface area contributed by atoms with Crippen LogP contribution in [0.4, 0.5) is 0 Å². The second kappa shape index (κ2) is 5.45. The van der Waals surface area contributed by atoms with E-state index in [0.717, 1.165) is 31.1 Å². The zero-order chi connectivity index (χ0) is 15.7. The number of aromatic nitrogens is 2. The topological polar surface area (TPSA) is 81.6 Å². The van der Waals surface area contributed by atoms with Crippen LogP contribution in [0.1, 0.15) is 55.6 Å². The van der Waals surface area contributed by atoms with E-state index in [0.29, 0.717) is 22.2 Å². The van der Waals surface area contributed by atoms with Crippen molar-refractivity contribution in [1.82, 2.24) is 15.3 Å². The van der Waals surface area contributed by atoms with Gasteiger partial charge in [0.2, 0.25) is 0 Å². The highest BCUT2D eigenvalue weighted by Gasteiger charge is 2.28. The molecule has 0 aliphatic heterocycles. The molecule has 2 heterocycles. The van der Waals surface area contributed by atoms with Crippen molar-refractivity contribution in [2.75, 3.05) is 0 Å². The van der Waals surface area contributed by atoms with Crippen molar-refractivity contribution < 1.29 is 4.79 Å². The number of carbonyl (C=O) groups excluding carboxylic acids is 1. The standard InChI is InChI=1S/C17H20N4O/c1-17(2)5-3-12(4-6-17)20-16(22)14-7-13-11(8-18)9-19-10-15(13)21-14/h7,9-10,12,21H,3-6H2,1-2H3,(H,20,22). The fourth-order valence-corrected chi connectivity index (χ4v) is 3.07. The number of fused-ring (bicyclic) bond motifs is 1. The van der Waals surface area contributed by atoms with E-state index in [1.165, 1.54) is 6.20 Å². The Morgan fingerprint density at radius 2 is 2.14 bits per heavy atom. The van der Waals surface area contributed by atoms with Gasteiger partial charge in [-0.05, 0) is 37.2 Å². The van der Waals surface area contributed by atoms with Crippen molar-refractivity contribution >= 4 is 16.8 Å². The summed E-state index contributed by atoms with van der Waals surface area (Å²) in [4.78, 5) is 19.5. The van der Waals surface area contributed by atoms with E-state index in [1.807, 2.05) is 0 Å². The number of amides is 1. The summed E-state index contributed by atoms with van der Waals surface area (Å²) < 4.78 is 0. The zero-order valence-electron chi connectivity index (χ0n) is 12.9. The lowest BCUT2D eigenvalue weighted by Gasteiger charge is -2.34. The first kappa shape index (κ1) is 14.6. The number of carbonyl (C=O) groups is 1. The van der Waals surface area contributed by atoms with Crippen LogP contribution >= 0.6 is 0 Å². The van der Waals surface area contributed by atoms with Crippen LogP contribution in [0.15, 0.2) is 18.5 Å². The van der Waals surface area contributed by atoms with E-state index in [1.54, 1.807) is 12.3 Å². The van der Waals surface area contributed by atoms with Crippen molar-refractivity contribution in [3.8, 4) is 6.07 Å². The maximum absolute atomic E-state index is 12.4. The normalized spacial score (nSPS) is 18.0. The maximum atomic E-state index is 12.4. The highest BCUT2D eigenvalue weighted by Crippen LogP contribution is 2.35. The highest BCUT2D eigenvalue weighted by atomic mass is 16.1. The van der Waals surface area contributed by atoms with Crippen LogP contribution in [0.2, 0.25) is 0 Å². The van der Waals surface area contributed by atoms with Gasteiger partial charge in [-0.3, -0.25) is 9.78 Å². The summed E-state index contributed by atoms with van der Waals surface area (Å²) in [5.74, 6) is -0.107. The Bertz CT molecular complexity index is 744. The lowest BCUT2D eigenvalue weighted by atomic mass is 9.75. The number of rotatable bonds is 2. The van der Waals surface area contributed by atoms with Gasteiger partial charge in [0.1, 0.15) is 11.8 Å². The Balaban J connectivity index is 1.75. The van der Waals surface area contributed by atoms with Crippen LogP contribution in [-0.4, -0.2) is 21.9 Å². The molecule has 1 amide bonds. The summed E-state index contributed by atoms with van der Waals surface area (Å²) in [5, 5.41) is 12.9. The van der Waals surface area contributed by atoms with Gasteiger partial charge in [0.05, 0.1) is 17.3 Å². The third kappa shape index (κ3) is 2.82. The minimum Gasteiger partial charge on any atom is -0.349 e. The van der Waals surface area contributed by atoms with E-state index in [9.17, 15) is 4.79 Å². The van der Waals surface area contributed by atoms with Crippen LogP contribution in [0.5, 0.6) is 0 Å².